The van der Waals surface area contributed by atoms with Gasteiger partial charge in [0.25, 0.3) is 5.91 Å². The first-order valence-electron chi connectivity index (χ1n) is 11.8. The van der Waals surface area contributed by atoms with Gasteiger partial charge in [-0.1, -0.05) is 30.3 Å². The topological polar surface area (TPSA) is 177 Å². The number of nitrogens with zero attached hydrogens (tertiary/aromatic N) is 1. The molecule has 13 heteroatoms. The quantitative estimate of drug-likeness (QED) is 0.133. The summed E-state index contributed by atoms with van der Waals surface area (Å²) in [7, 11) is -4.29. The van der Waals surface area contributed by atoms with E-state index in [1.54, 1.807) is 18.2 Å². The molecule has 2 heterocycles. The van der Waals surface area contributed by atoms with Gasteiger partial charge < -0.3 is 15.7 Å². The molecule has 2 atom stereocenters. The van der Waals surface area contributed by atoms with Crippen LogP contribution in [0.2, 0.25) is 0 Å². The molecule has 0 saturated heterocycles. The summed E-state index contributed by atoms with van der Waals surface area (Å²) in [6, 6.07) is 12.3. The molecule has 0 spiro atoms. The van der Waals surface area contributed by atoms with E-state index in [1.807, 2.05) is 12.3 Å². The number of carbonyl (C=O) groups excluding carboxylic acids is 1. The van der Waals surface area contributed by atoms with Crippen LogP contribution in [0.1, 0.15) is 29.6 Å². The van der Waals surface area contributed by atoms with Crippen LogP contribution in [0.4, 0.5) is 0 Å². The SMILES string of the molecule is O=C(NC(CCCCNC1NC=CCN1)(NS(=O)(=O)c1ccccc1)C(=O)O)c1cccc2[nH]ncc12. The van der Waals surface area contributed by atoms with Gasteiger partial charge in [0.05, 0.1) is 22.2 Å². The van der Waals surface area contributed by atoms with Crippen LogP contribution in [0.5, 0.6) is 0 Å². The number of fused-ring (bicyclic) bond motifs is 1. The Labute approximate surface area is 214 Å². The van der Waals surface area contributed by atoms with Gasteiger partial charge in [-0.2, -0.15) is 9.82 Å². The standard InChI is InChI=1S/C24H29N7O5S/c32-21(18-10-6-11-20-19(18)16-28-30-20)29-24(22(33)34,31-37(35,36)17-8-2-1-3-9-17)12-4-5-13-25-23-26-14-7-15-27-23/h1-3,6-11,14,16,23,25-27,31H,4-5,12-13,15H2,(H,28,30)(H,29,32)(H,33,34). The van der Waals surface area contributed by atoms with Crippen LogP contribution in [0.3, 0.4) is 0 Å². The largest absolute Gasteiger partial charge is 0.478 e. The van der Waals surface area contributed by atoms with Crippen LogP contribution in [0.25, 0.3) is 10.9 Å². The van der Waals surface area contributed by atoms with Gasteiger partial charge in [0.2, 0.25) is 15.7 Å². The number of aromatic nitrogens is 2. The first-order chi connectivity index (χ1) is 17.8. The molecule has 37 heavy (non-hydrogen) atoms. The normalized spacial score (nSPS) is 17.1. The fraction of sp³-hybridized carbons (Fsp3) is 0.292. The van der Waals surface area contributed by atoms with Crippen molar-refractivity contribution in [2.24, 2.45) is 0 Å². The van der Waals surface area contributed by atoms with Gasteiger partial charge in [-0.3, -0.25) is 20.5 Å². The van der Waals surface area contributed by atoms with Crippen molar-refractivity contribution in [3.05, 3.63) is 72.6 Å². The molecule has 0 aliphatic carbocycles. The van der Waals surface area contributed by atoms with Gasteiger partial charge in [0, 0.05) is 11.9 Å². The molecule has 12 nitrogen and oxygen atoms in total. The molecule has 7 N–H and O–H groups in total. The van der Waals surface area contributed by atoms with E-state index < -0.39 is 27.6 Å². The van der Waals surface area contributed by atoms with Gasteiger partial charge >= 0.3 is 5.97 Å². The molecule has 1 aliphatic heterocycles. The molecule has 4 rings (SSSR count). The lowest BCUT2D eigenvalue weighted by atomic mass is 10.0. The summed E-state index contributed by atoms with van der Waals surface area (Å²) in [5.41, 5.74) is -1.54. The number of aromatic amines is 1. The lowest BCUT2D eigenvalue weighted by Gasteiger charge is -2.31. The fourth-order valence-electron chi connectivity index (χ4n) is 4.02. The van der Waals surface area contributed by atoms with Crippen molar-refractivity contribution in [1.82, 2.24) is 36.2 Å². The van der Waals surface area contributed by atoms with E-state index in [0.717, 1.165) is 0 Å². The van der Waals surface area contributed by atoms with Crippen molar-refractivity contribution >= 4 is 32.8 Å². The molecule has 0 bridgehead atoms. The van der Waals surface area contributed by atoms with E-state index in [9.17, 15) is 23.1 Å². The zero-order chi connectivity index (χ0) is 26.3. The smallest absolute Gasteiger partial charge is 0.345 e. The van der Waals surface area contributed by atoms with Gasteiger partial charge in [-0.25, -0.2) is 13.2 Å². The number of carboxylic acid groups (broad SMARTS) is 1. The van der Waals surface area contributed by atoms with Gasteiger partial charge in [-0.15, -0.1) is 0 Å². The number of carboxylic acids is 1. The highest BCUT2D eigenvalue weighted by Crippen LogP contribution is 2.21. The predicted molar refractivity (Wildman–Crippen MR) is 137 cm³/mol. The highest BCUT2D eigenvalue weighted by atomic mass is 32.2. The Hall–Kier alpha value is -3.78. The summed E-state index contributed by atoms with van der Waals surface area (Å²) < 4.78 is 28.6. The zero-order valence-corrected chi connectivity index (χ0v) is 20.7. The lowest BCUT2D eigenvalue weighted by Crippen LogP contribution is -2.65. The summed E-state index contributed by atoms with van der Waals surface area (Å²) in [5.74, 6) is -2.26. The van der Waals surface area contributed by atoms with E-state index in [0.29, 0.717) is 36.8 Å². The highest BCUT2D eigenvalue weighted by molar-refractivity contribution is 7.89. The zero-order valence-electron chi connectivity index (χ0n) is 19.9. The van der Waals surface area contributed by atoms with Crippen LogP contribution in [-0.4, -0.2) is 60.6 Å². The molecule has 0 saturated carbocycles. The molecule has 0 radical (unpaired) electrons. The molecule has 0 fully saturated rings. The fourth-order valence-corrected chi connectivity index (χ4v) is 5.35. The molecule has 2 aromatic carbocycles. The average molecular weight is 528 g/mol. The van der Waals surface area contributed by atoms with Crippen molar-refractivity contribution in [2.75, 3.05) is 13.1 Å². The summed E-state index contributed by atoms with van der Waals surface area (Å²) in [6.07, 6.45) is 5.74. The molecular formula is C24H29N7O5S. The minimum absolute atomic E-state index is 0.115. The maximum absolute atomic E-state index is 13.3. The summed E-state index contributed by atoms with van der Waals surface area (Å²) in [5, 5.41) is 29.4. The average Bonchev–Trinajstić information content (AvgIpc) is 3.38. The number of hydrogen-bond donors (Lipinski definition) is 7. The second-order valence-electron chi connectivity index (χ2n) is 8.54. The number of aliphatic carboxylic acids is 1. The molecule has 1 aromatic heterocycles. The number of carbonyl (C=O) groups is 2. The summed E-state index contributed by atoms with van der Waals surface area (Å²) in [4.78, 5) is 25.8. The number of benzene rings is 2. The van der Waals surface area contributed by atoms with Crippen LogP contribution < -0.4 is 26.0 Å². The first-order valence-corrected chi connectivity index (χ1v) is 13.2. The van der Waals surface area contributed by atoms with Crippen molar-refractivity contribution in [2.45, 2.75) is 36.1 Å². The van der Waals surface area contributed by atoms with Gasteiger partial charge in [0.15, 0.2) is 0 Å². The van der Waals surface area contributed by atoms with Gasteiger partial charge in [0.1, 0.15) is 6.29 Å². The van der Waals surface area contributed by atoms with Crippen LogP contribution in [0, 0.1) is 0 Å². The van der Waals surface area contributed by atoms with E-state index in [-0.39, 0.29) is 23.2 Å². The first kappa shape index (κ1) is 26.3. The Morgan fingerprint density at radius 1 is 1.11 bits per heavy atom. The van der Waals surface area contributed by atoms with Crippen LogP contribution >= 0.6 is 0 Å². The second kappa shape index (κ2) is 11.5. The van der Waals surface area contributed by atoms with Crippen LogP contribution in [0.15, 0.2) is 71.9 Å². The van der Waals surface area contributed by atoms with Crippen LogP contribution in [-0.2, 0) is 14.8 Å². The van der Waals surface area contributed by atoms with Crippen molar-refractivity contribution in [3.63, 3.8) is 0 Å². The minimum Gasteiger partial charge on any atom is -0.478 e. The number of hydrogen-bond acceptors (Lipinski definition) is 8. The van der Waals surface area contributed by atoms with E-state index in [2.05, 4.69) is 36.2 Å². The molecular weight excluding hydrogens is 498 g/mol. The highest BCUT2D eigenvalue weighted by Gasteiger charge is 2.44. The Balaban J connectivity index is 1.55. The van der Waals surface area contributed by atoms with E-state index in [1.165, 1.54) is 36.5 Å². The second-order valence-corrected chi connectivity index (χ2v) is 10.2. The Kier molecular flexibility index (Phi) is 8.18. The predicted octanol–water partition coefficient (Wildman–Crippen LogP) is 0.802. The lowest BCUT2D eigenvalue weighted by molar-refractivity contribution is -0.145. The molecule has 2 unspecified atom stereocenters. The molecule has 1 amide bonds. The Morgan fingerprint density at radius 2 is 1.92 bits per heavy atom. The third-order valence-corrected chi connectivity index (χ3v) is 7.44. The number of nitrogens with one attached hydrogen (secondary N) is 6. The van der Waals surface area contributed by atoms with Crippen molar-refractivity contribution in [1.29, 1.82) is 0 Å². The van der Waals surface area contributed by atoms with E-state index >= 15 is 0 Å². The number of H-pyrrole nitrogens is 1. The third-order valence-electron chi connectivity index (χ3n) is 5.93. The monoisotopic (exact) mass is 527 g/mol. The number of sulfonamides is 1. The summed E-state index contributed by atoms with van der Waals surface area (Å²) in [6.45, 7) is 1.24. The minimum atomic E-state index is -4.29. The van der Waals surface area contributed by atoms with Crippen molar-refractivity contribution < 1.29 is 23.1 Å². The number of amides is 1. The Morgan fingerprint density at radius 3 is 2.65 bits per heavy atom. The van der Waals surface area contributed by atoms with E-state index in [4.69, 9.17) is 0 Å². The molecule has 1 aliphatic rings. The maximum Gasteiger partial charge on any atom is 0.345 e. The summed E-state index contributed by atoms with van der Waals surface area (Å²) >= 11 is 0. The number of rotatable bonds is 12. The van der Waals surface area contributed by atoms with Gasteiger partial charge in [-0.05, 0) is 56.3 Å². The molecule has 3 aromatic rings. The maximum atomic E-state index is 13.3. The Bertz CT molecular complexity index is 1380. The number of unbranched alkanes of at least 4 members (excludes halogenated alkanes) is 1. The third kappa shape index (κ3) is 6.32. The molecule has 196 valence electrons. The van der Waals surface area contributed by atoms with Crippen molar-refractivity contribution in [3.8, 4) is 0 Å².